The number of benzene rings is 1. The van der Waals surface area contributed by atoms with Gasteiger partial charge in [0.25, 0.3) is 0 Å². The minimum Gasteiger partial charge on any atom is -0.487 e. The van der Waals surface area contributed by atoms with Crippen molar-refractivity contribution >= 4 is 17.9 Å². The first-order valence-electron chi connectivity index (χ1n) is 8.05. The van der Waals surface area contributed by atoms with E-state index in [9.17, 15) is 14.7 Å². The van der Waals surface area contributed by atoms with Crippen LogP contribution in [0.2, 0.25) is 0 Å². The average Bonchev–Trinajstić information content (AvgIpc) is 2.51. The quantitative estimate of drug-likeness (QED) is 0.391. The van der Waals surface area contributed by atoms with Crippen molar-refractivity contribution in [1.29, 1.82) is 0 Å². The second-order valence-electron chi connectivity index (χ2n) is 6.28. The fraction of sp³-hybridized carbons (Fsp3) is 0.556. The number of nitrogens with two attached hydrogens (primary N) is 1. The topological polar surface area (TPSA) is 89.6 Å². The molecule has 0 radical (unpaired) electrons. The Hall–Kier alpha value is -2.04. The molecule has 0 spiro atoms. The van der Waals surface area contributed by atoms with Gasteiger partial charge in [0.2, 0.25) is 0 Å². The van der Waals surface area contributed by atoms with Crippen molar-refractivity contribution in [2.24, 2.45) is 5.41 Å². The number of carbonyl (C=O) groups is 2. The number of aliphatic carboxylic acids is 1. The second kappa shape index (κ2) is 8.56. The predicted octanol–water partition coefficient (Wildman–Crippen LogP) is 3.45. The SMILES string of the molecule is CCC(Oc1cccc(CCCCC=O)c1N)C(C)(C)C(=O)O. The maximum absolute atomic E-state index is 11.4. The predicted molar refractivity (Wildman–Crippen MR) is 90.6 cm³/mol. The molecule has 3 N–H and O–H groups in total. The zero-order valence-corrected chi connectivity index (χ0v) is 14.2. The van der Waals surface area contributed by atoms with Gasteiger partial charge in [0.15, 0.2) is 0 Å². The van der Waals surface area contributed by atoms with Crippen molar-refractivity contribution in [2.75, 3.05) is 5.73 Å². The third kappa shape index (κ3) is 4.98. The normalized spacial score (nSPS) is 12.7. The van der Waals surface area contributed by atoms with Crippen LogP contribution in [0.3, 0.4) is 0 Å². The molecule has 5 nitrogen and oxygen atoms in total. The fourth-order valence-electron chi connectivity index (χ4n) is 2.49. The Balaban J connectivity index is 2.87. The number of carbonyl (C=O) groups excluding carboxylic acids is 1. The Kier molecular flexibility index (Phi) is 7.07. The first-order chi connectivity index (χ1) is 10.8. The van der Waals surface area contributed by atoms with E-state index in [-0.39, 0.29) is 0 Å². The molecule has 0 saturated carbocycles. The third-order valence-electron chi connectivity index (χ3n) is 4.17. The molecule has 1 aromatic rings. The van der Waals surface area contributed by atoms with Crippen LogP contribution in [0.25, 0.3) is 0 Å². The summed E-state index contributed by atoms with van der Waals surface area (Å²) in [6.07, 6.45) is 4.07. The van der Waals surface area contributed by atoms with Gasteiger partial charge < -0.3 is 20.4 Å². The maximum Gasteiger partial charge on any atom is 0.312 e. The van der Waals surface area contributed by atoms with Crippen LogP contribution in [0.4, 0.5) is 5.69 Å². The minimum atomic E-state index is -0.999. The molecule has 0 aromatic heterocycles. The first-order valence-corrected chi connectivity index (χ1v) is 8.05. The molecular weight excluding hydrogens is 294 g/mol. The number of aldehydes is 1. The van der Waals surface area contributed by atoms with E-state index in [0.717, 1.165) is 31.1 Å². The van der Waals surface area contributed by atoms with E-state index in [1.165, 1.54) is 0 Å². The Bertz CT molecular complexity index is 540. The molecule has 23 heavy (non-hydrogen) atoms. The third-order valence-corrected chi connectivity index (χ3v) is 4.17. The van der Waals surface area contributed by atoms with Crippen LogP contribution >= 0.6 is 0 Å². The highest BCUT2D eigenvalue weighted by Crippen LogP contribution is 2.33. The van der Waals surface area contributed by atoms with Crippen molar-refractivity contribution in [2.45, 2.75) is 59.0 Å². The number of unbranched alkanes of at least 4 members (excludes halogenated alkanes) is 2. The smallest absolute Gasteiger partial charge is 0.312 e. The van der Waals surface area contributed by atoms with Crippen LogP contribution in [0, 0.1) is 5.41 Å². The molecule has 0 amide bonds. The van der Waals surface area contributed by atoms with Gasteiger partial charge in [0.1, 0.15) is 18.1 Å². The highest BCUT2D eigenvalue weighted by Gasteiger charge is 2.37. The van der Waals surface area contributed by atoms with Crippen LogP contribution < -0.4 is 10.5 Å². The van der Waals surface area contributed by atoms with Gasteiger partial charge in [0.05, 0.1) is 11.1 Å². The Morgan fingerprint density at radius 1 is 1.39 bits per heavy atom. The molecular formula is C18H27NO4. The molecule has 0 saturated heterocycles. The van der Waals surface area contributed by atoms with Gasteiger partial charge in [-0.1, -0.05) is 19.1 Å². The fourth-order valence-corrected chi connectivity index (χ4v) is 2.49. The number of rotatable bonds is 10. The summed E-state index contributed by atoms with van der Waals surface area (Å²) in [7, 11) is 0. The number of ether oxygens (including phenoxy) is 1. The van der Waals surface area contributed by atoms with Crippen molar-refractivity contribution in [3.05, 3.63) is 23.8 Å². The number of carboxylic acid groups (broad SMARTS) is 1. The van der Waals surface area contributed by atoms with Gasteiger partial charge in [-0.15, -0.1) is 0 Å². The maximum atomic E-state index is 11.4. The molecule has 128 valence electrons. The van der Waals surface area contributed by atoms with E-state index >= 15 is 0 Å². The molecule has 5 heteroatoms. The Morgan fingerprint density at radius 3 is 2.65 bits per heavy atom. The van der Waals surface area contributed by atoms with Crippen LogP contribution in [0.15, 0.2) is 18.2 Å². The summed E-state index contributed by atoms with van der Waals surface area (Å²) in [5.41, 5.74) is 6.70. The van der Waals surface area contributed by atoms with E-state index in [1.807, 2.05) is 19.1 Å². The zero-order valence-electron chi connectivity index (χ0n) is 14.2. The summed E-state index contributed by atoms with van der Waals surface area (Å²) in [4.78, 5) is 21.8. The van der Waals surface area contributed by atoms with E-state index in [4.69, 9.17) is 10.5 Å². The lowest BCUT2D eigenvalue weighted by molar-refractivity contribution is -0.152. The Morgan fingerprint density at radius 2 is 2.09 bits per heavy atom. The monoisotopic (exact) mass is 321 g/mol. The summed E-state index contributed by atoms with van der Waals surface area (Å²) in [6.45, 7) is 5.21. The van der Waals surface area contributed by atoms with Crippen LogP contribution in [-0.2, 0) is 16.0 Å². The van der Waals surface area contributed by atoms with Gasteiger partial charge in [-0.2, -0.15) is 0 Å². The summed E-state index contributed by atoms with van der Waals surface area (Å²) < 4.78 is 5.93. The van der Waals surface area contributed by atoms with Crippen molar-refractivity contribution in [1.82, 2.24) is 0 Å². The standard InChI is InChI=1S/C18H27NO4/c1-4-15(18(2,3)17(21)22)23-14-11-8-10-13(16(14)19)9-6-5-7-12-20/h8,10-12,15H,4-7,9,19H2,1-3H3,(H,21,22). The summed E-state index contributed by atoms with van der Waals surface area (Å²) in [5, 5.41) is 9.37. The molecule has 1 unspecified atom stereocenters. The number of carboxylic acids is 1. The molecule has 0 bridgehead atoms. The highest BCUT2D eigenvalue weighted by atomic mass is 16.5. The number of aryl methyl sites for hydroxylation is 1. The lowest BCUT2D eigenvalue weighted by Crippen LogP contribution is -2.40. The molecule has 0 aliphatic heterocycles. The van der Waals surface area contributed by atoms with E-state index in [1.54, 1.807) is 19.9 Å². The second-order valence-corrected chi connectivity index (χ2v) is 6.28. The lowest BCUT2D eigenvalue weighted by Gasteiger charge is -2.30. The minimum absolute atomic E-state index is 0.465. The first kappa shape index (κ1) is 19.0. The molecule has 0 fully saturated rings. The molecule has 1 atom stereocenters. The lowest BCUT2D eigenvalue weighted by atomic mass is 9.85. The highest BCUT2D eigenvalue weighted by molar-refractivity contribution is 5.74. The van der Waals surface area contributed by atoms with E-state index in [0.29, 0.717) is 24.3 Å². The van der Waals surface area contributed by atoms with Gasteiger partial charge >= 0.3 is 5.97 Å². The summed E-state index contributed by atoms with van der Waals surface area (Å²) in [5.74, 6) is -0.369. The van der Waals surface area contributed by atoms with Gasteiger partial charge in [-0.05, 0) is 51.2 Å². The number of para-hydroxylation sites is 1. The number of hydrogen-bond acceptors (Lipinski definition) is 4. The van der Waals surface area contributed by atoms with Crippen LogP contribution in [0.5, 0.6) is 5.75 Å². The van der Waals surface area contributed by atoms with E-state index in [2.05, 4.69) is 0 Å². The number of hydrogen-bond donors (Lipinski definition) is 2. The summed E-state index contributed by atoms with van der Waals surface area (Å²) >= 11 is 0. The number of nitrogen functional groups attached to an aromatic ring is 1. The molecule has 1 rings (SSSR count). The van der Waals surface area contributed by atoms with Gasteiger partial charge in [-0.25, -0.2) is 0 Å². The van der Waals surface area contributed by atoms with E-state index < -0.39 is 17.5 Å². The van der Waals surface area contributed by atoms with Crippen molar-refractivity contribution in [3.8, 4) is 5.75 Å². The largest absolute Gasteiger partial charge is 0.487 e. The van der Waals surface area contributed by atoms with Crippen LogP contribution in [0.1, 0.15) is 52.0 Å². The Labute approximate surface area is 137 Å². The molecule has 0 aliphatic carbocycles. The van der Waals surface area contributed by atoms with Gasteiger partial charge in [0, 0.05) is 6.42 Å². The van der Waals surface area contributed by atoms with Crippen molar-refractivity contribution in [3.63, 3.8) is 0 Å². The van der Waals surface area contributed by atoms with Crippen molar-refractivity contribution < 1.29 is 19.4 Å². The van der Waals surface area contributed by atoms with Gasteiger partial charge in [-0.3, -0.25) is 4.79 Å². The summed E-state index contributed by atoms with van der Waals surface area (Å²) in [6, 6.07) is 5.57. The average molecular weight is 321 g/mol. The zero-order chi connectivity index (χ0) is 17.5. The number of anilines is 1. The molecule has 0 aliphatic rings. The van der Waals surface area contributed by atoms with Crippen LogP contribution in [-0.4, -0.2) is 23.5 Å². The molecule has 1 aromatic carbocycles. The molecule has 0 heterocycles.